The lowest BCUT2D eigenvalue weighted by Crippen LogP contribution is -2.15. The Morgan fingerprint density at radius 3 is 2.70 bits per heavy atom. The Morgan fingerprint density at radius 1 is 1.30 bits per heavy atom. The average Bonchev–Trinajstić information content (AvgIpc) is 3.23. The SMILES string of the molecule is COc1ccc(NC(=O)c2nc(-c3ccco3)sc2C)cc1NS(C)(=O)=O. The van der Waals surface area contributed by atoms with Gasteiger partial charge in [0.1, 0.15) is 11.4 Å². The fourth-order valence-electron chi connectivity index (χ4n) is 2.37. The van der Waals surface area contributed by atoms with Gasteiger partial charge in [-0.3, -0.25) is 9.52 Å². The Labute approximate surface area is 160 Å². The molecular weight excluding hydrogens is 390 g/mol. The normalized spacial score (nSPS) is 11.2. The van der Waals surface area contributed by atoms with E-state index in [4.69, 9.17) is 9.15 Å². The van der Waals surface area contributed by atoms with Crippen LogP contribution < -0.4 is 14.8 Å². The van der Waals surface area contributed by atoms with E-state index in [2.05, 4.69) is 15.0 Å². The number of methoxy groups -OCH3 is 1. The number of aryl methyl sites for hydroxylation is 1. The van der Waals surface area contributed by atoms with Crippen molar-refractivity contribution in [3.05, 3.63) is 47.2 Å². The van der Waals surface area contributed by atoms with Crippen molar-refractivity contribution in [1.29, 1.82) is 0 Å². The number of amides is 1. The van der Waals surface area contributed by atoms with Crippen molar-refractivity contribution in [2.24, 2.45) is 0 Å². The van der Waals surface area contributed by atoms with E-state index in [9.17, 15) is 13.2 Å². The molecule has 2 heterocycles. The molecule has 10 heteroatoms. The predicted molar refractivity (Wildman–Crippen MR) is 104 cm³/mol. The molecule has 0 spiro atoms. The van der Waals surface area contributed by atoms with Gasteiger partial charge in [0.05, 0.1) is 25.3 Å². The first-order valence-electron chi connectivity index (χ1n) is 7.75. The van der Waals surface area contributed by atoms with Gasteiger partial charge in [-0.25, -0.2) is 13.4 Å². The molecule has 0 saturated carbocycles. The molecule has 2 aromatic heterocycles. The lowest BCUT2D eigenvalue weighted by Gasteiger charge is -2.12. The predicted octanol–water partition coefficient (Wildman–Crippen LogP) is 3.34. The van der Waals surface area contributed by atoms with E-state index >= 15 is 0 Å². The Hall–Kier alpha value is -2.85. The number of ether oxygens (including phenoxy) is 1. The van der Waals surface area contributed by atoms with Crippen molar-refractivity contribution in [1.82, 2.24) is 4.98 Å². The smallest absolute Gasteiger partial charge is 0.275 e. The molecule has 0 bridgehead atoms. The van der Waals surface area contributed by atoms with E-state index in [-0.39, 0.29) is 11.4 Å². The zero-order chi connectivity index (χ0) is 19.6. The summed E-state index contributed by atoms with van der Waals surface area (Å²) >= 11 is 1.35. The van der Waals surface area contributed by atoms with Crippen LogP contribution in [0.4, 0.5) is 11.4 Å². The first-order chi connectivity index (χ1) is 12.8. The van der Waals surface area contributed by atoms with E-state index in [1.54, 1.807) is 37.5 Å². The minimum absolute atomic E-state index is 0.226. The maximum atomic E-state index is 12.6. The molecule has 0 aliphatic rings. The first kappa shape index (κ1) is 18.9. The number of furan rings is 1. The molecule has 2 N–H and O–H groups in total. The number of carbonyl (C=O) groups excluding carboxylic acids is 1. The van der Waals surface area contributed by atoms with Crippen LogP contribution in [-0.4, -0.2) is 32.7 Å². The lowest BCUT2D eigenvalue weighted by molar-refractivity contribution is 0.102. The molecule has 3 rings (SSSR count). The third-order valence-corrected chi connectivity index (χ3v) is 5.07. The van der Waals surface area contributed by atoms with Gasteiger partial charge in [-0.2, -0.15) is 0 Å². The van der Waals surface area contributed by atoms with Gasteiger partial charge >= 0.3 is 0 Å². The van der Waals surface area contributed by atoms with Crippen molar-refractivity contribution in [3.8, 4) is 16.5 Å². The van der Waals surface area contributed by atoms with E-state index < -0.39 is 15.9 Å². The molecular formula is C17H17N3O5S2. The molecule has 0 saturated heterocycles. The molecule has 0 aliphatic carbocycles. The van der Waals surface area contributed by atoms with Gasteiger partial charge in [0.15, 0.2) is 10.8 Å². The van der Waals surface area contributed by atoms with Crippen LogP contribution in [0.5, 0.6) is 5.75 Å². The topological polar surface area (TPSA) is 111 Å². The van der Waals surface area contributed by atoms with Crippen LogP contribution in [0.25, 0.3) is 10.8 Å². The number of anilines is 2. The van der Waals surface area contributed by atoms with E-state index in [0.29, 0.717) is 22.2 Å². The van der Waals surface area contributed by atoms with Crippen molar-refractivity contribution >= 4 is 38.6 Å². The summed E-state index contributed by atoms with van der Waals surface area (Å²) in [6, 6.07) is 8.17. The summed E-state index contributed by atoms with van der Waals surface area (Å²) < 4.78 is 35.8. The van der Waals surface area contributed by atoms with Crippen LogP contribution in [0.2, 0.25) is 0 Å². The minimum atomic E-state index is -3.50. The zero-order valence-corrected chi connectivity index (χ0v) is 16.4. The standard InChI is InChI=1S/C17H17N3O5S2/c1-10-15(19-17(26-10)14-5-4-8-25-14)16(21)18-11-6-7-13(24-2)12(9-11)20-27(3,22)23/h4-9,20H,1-3H3,(H,18,21). The van der Waals surface area contributed by atoms with Gasteiger partial charge in [0, 0.05) is 10.6 Å². The molecule has 0 radical (unpaired) electrons. The number of nitrogens with zero attached hydrogens (tertiary/aromatic N) is 1. The molecule has 0 unspecified atom stereocenters. The van der Waals surface area contributed by atoms with Gasteiger partial charge in [0.2, 0.25) is 10.0 Å². The van der Waals surface area contributed by atoms with Crippen LogP contribution >= 0.6 is 11.3 Å². The molecule has 1 aromatic carbocycles. The third-order valence-electron chi connectivity index (χ3n) is 3.50. The van der Waals surface area contributed by atoms with Crippen LogP contribution in [0, 0.1) is 6.92 Å². The number of sulfonamides is 1. The van der Waals surface area contributed by atoms with Crippen LogP contribution in [-0.2, 0) is 10.0 Å². The monoisotopic (exact) mass is 407 g/mol. The summed E-state index contributed by atoms with van der Waals surface area (Å²) in [7, 11) is -2.07. The molecule has 142 valence electrons. The van der Waals surface area contributed by atoms with Gasteiger partial charge in [-0.05, 0) is 37.3 Å². The zero-order valence-electron chi connectivity index (χ0n) is 14.8. The second-order valence-corrected chi connectivity index (χ2v) is 8.60. The number of hydrogen-bond acceptors (Lipinski definition) is 7. The summed E-state index contributed by atoms with van der Waals surface area (Å²) in [5.74, 6) is 0.520. The van der Waals surface area contributed by atoms with Gasteiger partial charge in [0.25, 0.3) is 5.91 Å². The number of hydrogen-bond donors (Lipinski definition) is 2. The summed E-state index contributed by atoms with van der Waals surface area (Å²) in [6.07, 6.45) is 2.58. The summed E-state index contributed by atoms with van der Waals surface area (Å²) in [6.45, 7) is 1.80. The van der Waals surface area contributed by atoms with Crippen molar-refractivity contribution in [3.63, 3.8) is 0 Å². The number of rotatable bonds is 6. The van der Waals surface area contributed by atoms with Gasteiger partial charge in [-0.1, -0.05) is 0 Å². The largest absolute Gasteiger partial charge is 0.495 e. The van der Waals surface area contributed by atoms with E-state index in [0.717, 1.165) is 11.1 Å². The number of nitrogens with one attached hydrogen (secondary N) is 2. The van der Waals surface area contributed by atoms with Crippen molar-refractivity contribution in [2.75, 3.05) is 23.4 Å². The Balaban J connectivity index is 1.85. The fourth-order valence-corrected chi connectivity index (χ4v) is 3.81. The maximum absolute atomic E-state index is 12.6. The summed E-state index contributed by atoms with van der Waals surface area (Å²) in [5.41, 5.74) is 0.905. The molecule has 0 aliphatic heterocycles. The molecule has 27 heavy (non-hydrogen) atoms. The highest BCUT2D eigenvalue weighted by Gasteiger charge is 2.18. The minimum Gasteiger partial charge on any atom is -0.495 e. The van der Waals surface area contributed by atoms with Crippen LogP contribution in [0.15, 0.2) is 41.0 Å². The van der Waals surface area contributed by atoms with Crippen molar-refractivity contribution < 1.29 is 22.4 Å². The quantitative estimate of drug-likeness (QED) is 0.648. The first-order valence-corrected chi connectivity index (χ1v) is 10.5. The second-order valence-electron chi connectivity index (χ2n) is 5.64. The number of carbonyl (C=O) groups is 1. The molecule has 8 nitrogen and oxygen atoms in total. The van der Waals surface area contributed by atoms with Crippen LogP contribution in [0.1, 0.15) is 15.4 Å². The Morgan fingerprint density at radius 2 is 2.07 bits per heavy atom. The van der Waals surface area contributed by atoms with E-state index in [1.807, 2.05) is 0 Å². The highest BCUT2D eigenvalue weighted by molar-refractivity contribution is 7.92. The lowest BCUT2D eigenvalue weighted by atomic mass is 10.2. The van der Waals surface area contributed by atoms with Gasteiger partial charge in [-0.15, -0.1) is 11.3 Å². The van der Waals surface area contributed by atoms with E-state index in [1.165, 1.54) is 24.5 Å². The highest BCUT2D eigenvalue weighted by atomic mass is 32.2. The molecule has 1 amide bonds. The summed E-state index contributed by atoms with van der Waals surface area (Å²) in [4.78, 5) is 17.7. The van der Waals surface area contributed by atoms with Crippen LogP contribution in [0.3, 0.4) is 0 Å². The van der Waals surface area contributed by atoms with Gasteiger partial charge < -0.3 is 14.5 Å². The molecule has 3 aromatic rings. The van der Waals surface area contributed by atoms with Crippen molar-refractivity contribution in [2.45, 2.75) is 6.92 Å². The number of thiazole rings is 1. The molecule has 0 fully saturated rings. The summed E-state index contributed by atoms with van der Waals surface area (Å²) in [5, 5.41) is 3.33. The third kappa shape index (κ3) is 4.47. The Bertz CT molecular complexity index is 1070. The fraction of sp³-hybridized carbons (Fsp3) is 0.176. The molecule has 0 atom stereocenters. The maximum Gasteiger partial charge on any atom is 0.275 e. The second kappa shape index (κ2) is 7.41. The average molecular weight is 407 g/mol. The number of benzene rings is 1. The number of aromatic nitrogens is 1. The highest BCUT2D eigenvalue weighted by Crippen LogP contribution is 2.30. The Kier molecular flexibility index (Phi) is 5.19.